The van der Waals surface area contributed by atoms with Crippen LogP contribution in [0, 0.1) is 0 Å². The van der Waals surface area contributed by atoms with E-state index in [9.17, 15) is 9.59 Å². The quantitative estimate of drug-likeness (QED) is 0.756. The van der Waals surface area contributed by atoms with Gasteiger partial charge in [-0.25, -0.2) is 9.78 Å². The number of hydrogen-bond acceptors (Lipinski definition) is 3. The van der Waals surface area contributed by atoms with Crippen LogP contribution in [0.5, 0.6) is 0 Å². The third kappa shape index (κ3) is 3.39. The van der Waals surface area contributed by atoms with Crippen molar-refractivity contribution in [3.8, 4) is 0 Å². The van der Waals surface area contributed by atoms with Gasteiger partial charge >= 0.3 is 5.97 Å². The standard InChI is InChI=1S/C15H19N3O3/c1-3-15(2,14(20)21)18-13(19)9-8-12-16-10-6-4-5-7-11(10)17-12/h4-7H,3,8-9H2,1-2H3,(H,16,17)(H,18,19)(H,20,21). The Kier molecular flexibility index (Phi) is 4.26. The normalized spacial score (nSPS) is 13.8. The van der Waals surface area contributed by atoms with Crippen LogP contribution in [-0.2, 0) is 16.0 Å². The van der Waals surface area contributed by atoms with Gasteiger partial charge in [-0.2, -0.15) is 0 Å². The number of carboxylic acids is 1. The molecule has 112 valence electrons. The number of carbonyl (C=O) groups excluding carboxylic acids is 1. The minimum atomic E-state index is -1.22. The number of benzene rings is 1. The minimum absolute atomic E-state index is 0.197. The van der Waals surface area contributed by atoms with Crippen molar-refractivity contribution in [2.24, 2.45) is 0 Å². The lowest BCUT2D eigenvalue weighted by Gasteiger charge is -2.24. The highest BCUT2D eigenvalue weighted by atomic mass is 16.4. The molecule has 0 saturated heterocycles. The topological polar surface area (TPSA) is 95.1 Å². The monoisotopic (exact) mass is 289 g/mol. The zero-order valence-electron chi connectivity index (χ0n) is 12.1. The number of rotatable bonds is 6. The van der Waals surface area contributed by atoms with Gasteiger partial charge in [0.2, 0.25) is 5.91 Å². The molecular formula is C15H19N3O3. The fourth-order valence-electron chi connectivity index (χ4n) is 2.02. The largest absolute Gasteiger partial charge is 0.480 e. The highest BCUT2D eigenvalue weighted by Gasteiger charge is 2.32. The van der Waals surface area contributed by atoms with Crippen molar-refractivity contribution in [1.29, 1.82) is 0 Å². The van der Waals surface area contributed by atoms with Crippen LogP contribution in [-0.4, -0.2) is 32.5 Å². The van der Waals surface area contributed by atoms with Crippen LogP contribution in [0.1, 0.15) is 32.5 Å². The minimum Gasteiger partial charge on any atom is -0.480 e. The highest BCUT2D eigenvalue weighted by molar-refractivity contribution is 5.86. The number of amides is 1. The van der Waals surface area contributed by atoms with Gasteiger partial charge in [0.15, 0.2) is 0 Å². The SMILES string of the molecule is CCC(C)(NC(=O)CCc1nc2ccccc2[nH]1)C(=O)O. The molecule has 0 aliphatic carbocycles. The van der Waals surface area contributed by atoms with Crippen molar-refractivity contribution in [3.63, 3.8) is 0 Å². The van der Waals surface area contributed by atoms with E-state index in [1.54, 1.807) is 6.92 Å². The van der Waals surface area contributed by atoms with Gasteiger partial charge in [0.05, 0.1) is 11.0 Å². The molecule has 6 nitrogen and oxygen atoms in total. The molecule has 0 fully saturated rings. The number of aliphatic carboxylic acids is 1. The smallest absolute Gasteiger partial charge is 0.329 e. The van der Waals surface area contributed by atoms with E-state index in [0.29, 0.717) is 12.8 Å². The second-order valence-corrected chi connectivity index (χ2v) is 5.24. The number of H-pyrrole nitrogens is 1. The van der Waals surface area contributed by atoms with Crippen LogP contribution in [0.4, 0.5) is 0 Å². The number of nitrogens with zero attached hydrogens (tertiary/aromatic N) is 1. The summed E-state index contributed by atoms with van der Waals surface area (Å²) < 4.78 is 0. The third-order valence-corrected chi connectivity index (χ3v) is 3.62. The number of aromatic amines is 1. The van der Waals surface area contributed by atoms with Gasteiger partial charge in [-0.3, -0.25) is 4.79 Å². The van der Waals surface area contributed by atoms with Crippen LogP contribution >= 0.6 is 0 Å². The molecule has 2 aromatic rings. The van der Waals surface area contributed by atoms with E-state index in [2.05, 4.69) is 15.3 Å². The van der Waals surface area contributed by atoms with Crippen molar-refractivity contribution in [1.82, 2.24) is 15.3 Å². The average molecular weight is 289 g/mol. The predicted octanol–water partition coefficient (Wildman–Crippen LogP) is 1.86. The van der Waals surface area contributed by atoms with Crippen molar-refractivity contribution in [3.05, 3.63) is 30.1 Å². The number of aryl methyl sites for hydroxylation is 1. The lowest BCUT2D eigenvalue weighted by molar-refractivity contribution is -0.147. The molecule has 1 unspecified atom stereocenters. The Hall–Kier alpha value is -2.37. The van der Waals surface area contributed by atoms with E-state index < -0.39 is 11.5 Å². The molecule has 1 atom stereocenters. The zero-order chi connectivity index (χ0) is 15.5. The van der Waals surface area contributed by atoms with Crippen molar-refractivity contribution >= 4 is 22.9 Å². The first-order chi connectivity index (χ1) is 9.94. The maximum absolute atomic E-state index is 11.9. The Balaban J connectivity index is 1.96. The molecule has 0 radical (unpaired) electrons. The first-order valence-electron chi connectivity index (χ1n) is 6.92. The maximum atomic E-state index is 11.9. The Bertz CT molecular complexity index is 632. The molecule has 0 aliphatic rings. The fraction of sp³-hybridized carbons (Fsp3) is 0.400. The molecule has 0 spiro atoms. The van der Waals surface area contributed by atoms with Crippen molar-refractivity contribution in [2.45, 2.75) is 38.6 Å². The molecule has 1 aromatic heterocycles. The molecular weight excluding hydrogens is 270 g/mol. The van der Waals surface area contributed by atoms with Gasteiger partial charge in [-0.1, -0.05) is 19.1 Å². The second kappa shape index (κ2) is 5.95. The number of fused-ring (bicyclic) bond motifs is 1. The number of nitrogens with one attached hydrogen (secondary N) is 2. The van der Waals surface area contributed by atoms with E-state index in [1.807, 2.05) is 24.3 Å². The number of para-hydroxylation sites is 2. The summed E-state index contributed by atoms with van der Waals surface area (Å²) in [5.41, 5.74) is 0.569. The van der Waals surface area contributed by atoms with Crippen LogP contribution < -0.4 is 5.32 Å². The van der Waals surface area contributed by atoms with Crippen LogP contribution in [0.15, 0.2) is 24.3 Å². The number of hydrogen-bond donors (Lipinski definition) is 3. The Labute approximate surface area is 122 Å². The molecule has 21 heavy (non-hydrogen) atoms. The zero-order valence-corrected chi connectivity index (χ0v) is 12.1. The summed E-state index contributed by atoms with van der Waals surface area (Å²) in [5, 5.41) is 11.7. The fourth-order valence-corrected chi connectivity index (χ4v) is 2.02. The maximum Gasteiger partial charge on any atom is 0.329 e. The molecule has 1 aromatic carbocycles. The summed E-state index contributed by atoms with van der Waals surface area (Å²) in [6.07, 6.45) is 0.974. The van der Waals surface area contributed by atoms with E-state index in [-0.39, 0.29) is 12.3 Å². The molecule has 0 bridgehead atoms. The van der Waals surface area contributed by atoms with Gasteiger partial charge in [-0.05, 0) is 25.5 Å². The lowest BCUT2D eigenvalue weighted by atomic mass is 9.99. The number of carboxylic acid groups (broad SMARTS) is 1. The van der Waals surface area contributed by atoms with Gasteiger partial charge in [0.25, 0.3) is 0 Å². The van der Waals surface area contributed by atoms with Crippen LogP contribution in [0.2, 0.25) is 0 Å². The summed E-state index contributed by atoms with van der Waals surface area (Å²) in [5.74, 6) is -0.593. The Morgan fingerprint density at radius 2 is 2.10 bits per heavy atom. The number of carbonyl (C=O) groups is 2. The average Bonchev–Trinajstić information content (AvgIpc) is 2.87. The summed E-state index contributed by atoms with van der Waals surface area (Å²) >= 11 is 0. The van der Waals surface area contributed by atoms with Gasteiger partial charge < -0.3 is 15.4 Å². The van der Waals surface area contributed by atoms with Gasteiger partial charge in [-0.15, -0.1) is 0 Å². The van der Waals surface area contributed by atoms with Crippen molar-refractivity contribution in [2.75, 3.05) is 0 Å². The predicted molar refractivity (Wildman–Crippen MR) is 78.9 cm³/mol. The molecule has 6 heteroatoms. The number of aromatic nitrogens is 2. The molecule has 2 rings (SSSR count). The molecule has 1 heterocycles. The summed E-state index contributed by atoms with van der Waals surface area (Å²) in [7, 11) is 0. The van der Waals surface area contributed by atoms with E-state index in [1.165, 1.54) is 6.92 Å². The highest BCUT2D eigenvalue weighted by Crippen LogP contribution is 2.13. The third-order valence-electron chi connectivity index (χ3n) is 3.62. The van der Waals surface area contributed by atoms with Gasteiger partial charge in [0, 0.05) is 12.8 Å². The van der Waals surface area contributed by atoms with E-state index in [4.69, 9.17) is 5.11 Å². The Morgan fingerprint density at radius 1 is 1.38 bits per heavy atom. The lowest BCUT2D eigenvalue weighted by Crippen LogP contribution is -2.51. The molecule has 1 amide bonds. The second-order valence-electron chi connectivity index (χ2n) is 5.24. The number of imidazole rings is 1. The van der Waals surface area contributed by atoms with E-state index >= 15 is 0 Å². The molecule has 0 saturated carbocycles. The molecule has 0 aliphatic heterocycles. The first kappa shape index (κ1) is 15.0. The van der Waals surface area contributed by atoms with Crippen LogP contribution in [0.3, 0.4) is 0 Å². The van der Waals surface area contributed by atoms with Crippen LogP contribution in [0.25, 0.3) is 11.0 Å². The summed E-state index contributed by atoms with van der Waals surface area (Å²) in [6, 6.07) is 7.63. The summed E-state index contributed by atoms with van der Waals surface area (Å²) in [6.45, 7) is 3.24. The van der Waals surface area contributed by atoms with Crippen molar-refractivity contribution < 1.29 is 14.7 Å². The first-order valence-corrected chi connectivity index (χ1v) is 6.92. The summed E-state index contributed by atoms with van der Waals surface area (Å²) in [4.78, 5) is 30.6. The molecule has 3 N–H and O–H groups in total. The Morgan fingerprint density at radius 3 is 2.71 bits per heavy atom. The van der Waals surface area contributed by atoms with Gasteiger partial charge in [0.1, 0.15) is 11.4 Å². The van der Waals surface area contributed by atoms with E-state index in [0.717, 1.165) is 16.9 Å².